The number of hydrogen-bond donors (Lipinski definition) is 2. The van der Waals surface area contributed by atoms with Crippen LogP contribution in [0.4, 0.5) is 13.2 Å². The lowest BCUT2D eigenvalue weighted by Gasteiger charge is -2.34. The van der Waals surface area contributed by atoms with E-state index in [-0.39, 0.29) is 47.4 Å². The number of thiazole rings is 1. The van der Waals surface area contributed by atoms with Gasteiger partial charge in [-0.15, -0.1) is 11.3 Å². The van der Waals surface area contributed by atoms with Crippen LogP contribution >= 0.6 is 22.9 Å². The lowest BCUT2D eigenvalue weighted by molar-refractivity contribution is -0.205. The third-order valence-electron chi connectivity index (χ3n) is 8.19. The van der Waals surface area contributed by atoms with Gasteiger partial charge in [-0.05, 0) is 19.9 Å². The molecule has 0 aliphatic carbocycles. The van der Waals surface area contributed by atoms with Crippen molar-refractivity contribution >= 4 is 40.7 Å². The molecule has 0 spiro atoms. The van der Waals surface area contributed by atoms with Crippen molar-refractivity contribution < 1.29 is 42.2 Å². The summed E-state index contributed by atoms with van der Waals surface area (Å²) in [5.74, 6) is -5.68. The maximum absolute atomic E-state index is 15.7. The molecular formula is C28H31ClF3N5O6S. The molecule has 0 unspecified atom stereocenters. The first-order valence-corrected chi connectivity index (χ1v) is 14.8. The number of carboxylic acid groups (broad SMARTS) is 1. The van der Waals surface area contributed by atoms with Crippen molar-refractivity contribution in [3.05, 3.63) is 62.5 Å². The topological polar surface area (TPSA) is 126 Å². The first kappa shape index (κ1) is 32.3. The van der Waals surface area contributed by atoms with E-state index >= 15 is 8.78 Å². The number of carbonyl (C=O) groups excluding carboxylic acids is 1. The molecule has 4 heterocycles. The Morgan fingerprint density at radius 1 is 1.34 bits per heavy atom. The molecule has 3 aliphatic heterocycles. The third-order valence-corrected chi connectivity index (χ3v) is 9.37. The number of hydroxylamine groups is 2. The van der Waals surface area contributed by atoms with Gasteiger partial charge in [-0.1, -0.05) is 23.7 Å². The summed E-state index contributed by atoms with van der Waals surface area (Å²) in [6.45, 7) is 1.72. The van der Waals surface area contributed by atoms with Gasteiger partial charge in [0.2, 0.25) is 0 Å². The van der Waals surface area contributed by atoms with E-state index in [9.17, 15) is 19.1 Å². The number of rotatable bonds is 10. The maximum Gasteiger partial charge on any atom is 0.338 e. The number of fused-ring (bicyclic) bond motifs is 1. The van der Waals surface area contributed by atoms with E-state index in [2.05, 4.69) is 15.3 Å². The van der Waals surface area contributed by atoms with Crippen LogP contribution in [0, 0.1) is 11.2 Å². The highest BCUT2D eigenvalue weighted by atomic mass is 35.5. The Hall–Kier alpha value is -3.08. The van der Waals surface area contributed by atoms with E-state index in [4.69, 9.17) is 25.9 Å². The van der Waals surface area contributed by atoms with E-state index in [1.54, 1.807) is 11.6 Å². The minimum Gasteiger partial charge on any atom is -0.481 e. The molecule has 0 saturated carbocycles. The summed E-state index contributed by atoms with van der Waals surface area (Å²) in [7, 11) is 2.49. The number of hydrogen-bond acceptors (Lipinski definition) is 11. The number of carboxylic acids is 1. The van der Waals surface area contributed by atoms with Gasteiger partial charge in [-0.2, -0.15) is 5.06 Å². The number of halogens is 4. The summed E-state index contributed by atoms with van der Waals surface area (Å²) in [5.41, 5.74) is -1.01. The number of likely N-dealkylation sites (tertiary alicyclic amines) is 1. The molecule has 3 aliphatic rings. The number of esters is 1. The molecule has 4 atom stereocenters. The average Bonchev–Trinajstić information content (AvgIpc) is 3.71. The number of aliphatic imine (C=N–C) groups is 1. The molecule has 0 radical (unpaired) electrons. The minimum absolute atomic E-state index is 0.0227. The Labute approximate surface area is 260 Å². The highest BCUT2D eigenvalue weighted by Crippen LogP contribution is 2.43. The smallest absolute Gasteiger partial charge is 0.338 e. The van der Waals surface area contributed by atoms with Gasteiger partial charge in [0.15, 0.2) is 10.8 Å². The van der Waals surface area contributed by atoms with Crippen molar-refractivity contribution in [1.29, 1.82) is 0 Å². The molecular weight excluding hydrogens is 627 g/mol. The molecule has 0 amide bonds. The monoisotopic (exact) mass is 657 g/mol. The van der Waals surface area contributed by atoms with E-state index in [1.165, 1.54) is 62.5 Å². The molecule has 2 saturated heterocycles. The van der Waals surface area contributed by atoms with Crippen molar-refractivity contribution in [2.75, 3.05) is 40.5 Å². The molecule has 2 N–H and O–H groups in total. The van der Waals surface area contributed by atoms with E-state index in [1.807, 2.05) is 0 Å². The van der Waals surface area contributed by atoms with Gasteiger partial charge in [0, 0.05) is 36.5 Å². The zero-order valence-corrected chi connectivity index (χ0v) is 25.8. The fourth-order valence-electron chi connectivity index (χ4n) is 5.73. The Balaban J connectivity index is 1.50. The van der Waals surface area contributed by atoms with Crippen LogP contribution in [0.5, 0.6) is 0 Å². The minimum atomic E-state index is -3.27. The van der Waals surface area contributed by atoms with Gasteiger partial charge < -0.3 is 19.9 Å². The fourth-order valence-corrected chi connectivity index (χ4v) is 6.55. The SMILES string of the molecule is COC(=O)C1=C(CN2CC(F)(F)[C@H]3[C@@H]2CON3C[C@H](OC)C(C)(C)C(=O)O)NC(c2nccs2)=N[C@H]1c1cccc(F)c1Cl. The number of nitrogens with zero attached hydrogens (tertiary/aromatic N) is 4. The number of aromatic nitrogens is 1. The normalized spacial score (nSPS) is 24.5. The van der Waals surface area contributed by atoms with Crippen molar-refractivity contribution in [3.63, 3.8) is 0 Å². The average molecular weight is 658 g/mol. The number of benzene rings is 1. The quantitative estimate of drug-likeness (QED) is 0.367. The molecule has 2 aromatic rings. The summed E-state index contributed by atoms with van der Waals surface area (Å²) in [6, 6.07) is 0.749. The van der Waals surface area contributed by atoms with Crippen LogP contribution in [0.1, 0.15) is 30.5 Å². The van der Waals surface area contributed by atoms with Gasteiger partial charge in [0.25, 0.3) is 5.92 Å². The van der Waals surface area contributed by atoms with E-state index in [0.717, 1.165) is 5.06 Å². The summed E-state index contributed by atoms with van der Waals surface area (Å²) >= 11 is 7.59. The molecule has 1 aromatic carbocycles. The van der Waals surface area contributed by atoms with Crippen LogP contribution < -0.4 is 5.32 Å². The van der Waals surface area contributed by atoms with Crippen molar-refractivity contribution in [3.8, 4) is 0 Å². The van der Waals surface area contributed by atoms with Crippen LogP contribution in [0.3, 0.4) is 0 Å². The number of aliphatic carboxylic acids is 1. The van der Waals surface area contributed by atoms with Crippen LogP contribution in [0.2, 0.25) is 5.02 Å². The van der Waals surface area contributed by atoms with Crippen LogP contribution in [0.25, 0.3) is 0 Å². The van der Waals surface area contributed by atoms with Crippen LogP contribution in [0.15, 0.2) is 46.0 Å². The largest absolute Gasteiger partial charge is 0.481 e. The highest BCUT2D eigenvalue weighted by Gasteiger charge is 2.61. The maximum atomic E-state index is 15.7. The molecule has 2 fully saturated rings. The first-order valence-electron chi connectivity index (χ1n) is 13.6. The number of alkyl halides is 2. The summed E-state index contributed by atoms with van der Waals surface area (Å²) in [5, 5.41) is 15.8. The molecule has 44 heavy (non-hydrogen) atoms. The van der Waals surface area contributed by atoms with Gasteiger partial charge >= 0.3 is 11.9 Å². The molecule has 5 rings (SSSR count). The number of methoxy groups -OCH3 is 2. The summed E-state index contributed by atoms with van der Waals surface area (Å²) < 4.78 is 56.4. The van der Waals surface area contributed by atoms with Gasteiger partial charge in [-0.25, -0.2) is 22.9 Å². The van der Waals surface area contributed by atoms with E-state index < -0.39 is 59.9 Å². The van der Waals surface area contributed by atoms with Crippen LogP contribution in [-0.2, 0) is 23.9 Å². The number of ether oxygens (including phenoxy) is 2. The molecule has 1 aromatic heterocycles. The molecule has 11 nitrogen and oxygen atoms in total. The van der Waals surface area contributed by atoms with Crippen LogP contribution in [-0.4, -0.2) is 102 Å². The molecule has 0 bridgehead atoms. The van der Waals surface area contributed by atoms with Crippen molar-refractivity contribution in [2.24, 2.45) is 10.4 Å². The second kappa shape index (κ2) is 12.4. The van der Waals surface area contributed by atoms with Gasteiger partial charge in [-0.3, -0.25) is 19.5 Å². The van der Waals surface area contributed by atoms with Crippen molar-refractivity contribution in [2.45, 2.75) is 44.0 Å². The Kier molecular flexibility index (Phi) is 9.08. The third kappa shape index (κ3) is 5.84. The summed E-state index contributed by atoms with van der Waals surface area (Å²) in [6.07, 6.45) is 0.605. The van der Waals surface area contributed by atoms with Crippen molar-refractivity contribution in [1.82, 2.24) is 20.3 Å². The Morgan fingerprint density at radius 2 is 2.09 bits per heavy atom. The van der Waals surface area contributed by atoms with E-state index in [0.29, 0.717) is 5.01 Å². The van der Waals surface area contributed by atoms with Gasteiger partial charge in [0.05, 0.1) is 55.0 Å². The summed E-state index contributed by atoms with van der Waals surface area (Å²) in [4.78, 5) is 41.2. The standard InChI is InChI=1S/C28H31ClF3N5O6S/c1-27(2,26(39)40)18(41-3)11-37-22-17(12-43-37)36(13-28(22,31)32)10-16-19(25(38)42-4)21(14-6-5-7-15(30)20(14)29)35-23(34-16)24-33-8-9-44-24/h5-9,17-18,21-22H,10-13H2,1-4H3,(H,34,35)(H,39,40)/t17-,18-,21-,22+/m0/s1. The Morgan fingerprint density at radius 3 is 2.73 bits per heavy atom. The van der Waals surface area contributed by atoms with Gasteiger partial charge in [0.1, 0.15) is 17.9 Å². The first-order chi connectivity index (χ1) is 20.8. The predicted molar refractivity (Wildman–Crippen MR) is 154 cm³/mol. The fraction of sp³-hybridized carbons (Fsp3) is 0.500. The number of carbonyl (C=O) groups is 2. The Bertz CT molecular complexity index is 1490. The molecule has 238 valence electrons. The zero-order chi connectivity index (χ0) is 32.0. The molecule has 16 heteroatoms. The zero-order valence-electron chi connectivity index (χ0n) is 24.2. The number of nitrogens with one attached hydrogen (secondary N) is 1. The number of amidine groups is 1. The lowest BCUT2D eigenvalue weighted by atomic mass is 9.86. The second-order valence-corrected chi connectivity index (χ2v) is 12.5. The second-order valence-electron chi connectivity index (χ2n) is 11.2. The lowest BCUT2D eigenvalue weighted by Crippen LogP contribution is -2.51. The highest BCUT2D eigenvalue weighted by molar-refractivity contribution is 7.11. The predicted octanol–water partition coefficient (Wildman–Crippen LogP) is 3.51.